The first-order valence-electron chi connectivity index (χ1n) is 11.9. The molecule has 0 spiro atoms. The third-order valence-electron chi connectivity index (χ3n) is 6.18. The molecular formula is C26H28ClN5O4. The van der Waals surface area contributed by atoms with Crippen molar-refractivity contribution in [3.05, 3.63) is 82.0 Å². The second kappa shape index (κ2) is 11.2. The zero-order chi connectivity index (χ0) is 24.9. The highest BCUT2D eigenvalue weighted by atomic mass is 35.5. The van der Waals surface area contributed by atoms with Gasteiger partial charge in [0.2, 0.25) is 0 Å². The molecule has 0 radical (unpaired) electrons. The average molecular weight is 510 g/mol. The van der Waals surface area contributed by atoms with Gasteiger partial charge in [-0.3, -0.25) is 9.63 Å². The maximum atomic E-state index is 12.9. The molecule has 0 saturated carbocycles. The average Bonchev–Trinajstić information content (AvgIpc) is 3.31. The quantitative estimate of drug-likeness (QED) is 0.235. The summed E-state index contributed by atoms with van der Waals surface area (Å²) in [4.78, 5) is 28.1. The number of hydroxylamine groups is 1. The predicted molar refractivity (Wildman–Crippen MR) is 139 cm³/mol. The summed E-state index contributed by atoms with van der Waals surface area (Å²) in [5.41, 5.74) is 7.24. The van der Waals surface area contributed by atoms with Crippen LogP contribution < -0.4 is 15.9 Å². The van der Waals surface area contributed by atoms with Crippen molar-refractivity contribution in [2.75, 3.05) is 44.4 Å². The molecule has 3 aromatic heterocycles. The molecule has 1 saturated heterocycles. The highest BCUT2D eigenvalue weighted by Gasteiger charge is 2.22. The minimum atomic E-state index is -0.0853. The number of hydrogen-bond donors (Lipinski definition) is 3. The van der Waals surface area contributed by atoms with E-state index in [1.54, 1.807) is 10.6 Å². The molecule has 1 aliphatic heterocycles. The molecule has 188 valence electrons. The van der Waals surface area contributed by atoms with Crippen LogP contribution in [0.25, 0.3) is 22.2 Å². The van der Waals surface area contributed by atoms with E-state index in [1.807, 2.05) is 48.9 Å². The van der Waals surface area contributed by atoms with Gasteiger partial charge in [0.05, 0.1) is 44.4 Å². The number of H-pyrrole nitrogens is 1. The van der Waals surface area contributed by atoms with E-state index >= 15 is 0 Å². The maximum absolute atomic E-state index is 12.9. The lowest BCUT2D eigenvalue weighted by Gasteiger charge is -2.34. The molecule has 1 atom stereocenters. The summed E-state index contributed by atoms with van der Waals surface area (Å²) in [6, 6.07) is 13.2. The minimum Gasteiger partial charge on any atom is -0.394 e. The number of hydrogen-bond acceptors (Lipinski definition) is 7. The Bertz CT molecular complexity index is 1390. The topological polar surface area (TPSA) is 105 Å². The largest absolute Gasteiger partial charge is 0.394 e. The Labute approximate surface area is 213 Å². The summed E-state index contributed by atoms with van der Waals surface area (Å²) < 4.78 is 7.50. The fourth-order valence-corrected chi connectivity index (χ4v) is 4.60. The third-order valence-corrected chi connectivity index (χ3v) is 6.41. The van der Waals surface area contributed by atoms with Crippen LogP contribution in [0.15, 0.2) is 65.8 Å². The fourth-order valence-electron chi connectivity index (χ4n) is 4.39. The molecule has 3 N–H and O–H groups in total. The zero-order valence-corrected chi connectivity index (χ0v) is 20.4. The van der Waals surface area contributed by atoms with Crippen LogP contribution in [-0.2, 0) is 16.1 Å². The van der Waals surface area contributed by atoms with Crippen LogP contribution in [0.2, 0.25) is 5.02 Å². The Morgan fingerprint density at radius 2 is 2.19 bits per heavy atom. The molecule has 1 aliphatic rings. The molecule has 1 unspecified atom stereocenters. The Hall–Kier alpha value is -3.21. The van der Waals surface area contributed by atoms with Crippen LogP contribution in [0.5, 0.6) is 0 Å². The van der Waals surface area contributed by atoms with Gasteiger partial charge in [-0.05, 0) is 35.4 Å². The summed E-state index contributed by atoms with van der Waals surface area (Å²) in [5, 5.41) is 10.4. The van der Waals surface area contributed by atoms with Crippen LogP contribution in [0, 0.1) is 0 Å². The number of aromatic nitrogens is 3. The number of halogens is 1. The van der Waals surface area contributed by atoms with Crippen LogP contribution >= 0.6 is 11.6 Å². The summed E-state index contributed by atoms with van der Waals surface area (Å²) in [6.07, 6.45) is 5.50. The summed E-state index contributed by atoms with van der Waals surface area (Å²) in [5.74, 6) is 0. The molecule has 1 aromatic carbocycles. The van der Waals surface area contributed by atoms with Crippen molar-refractivity contribution >= 4 is 28.3 Å². The molecule has 0 amide bonds. The number of aliphatic hydroxyl groups excluding tert-OH is 1. The molecule has 0 bridgehead atoms. The van der Waals surface area contributed by atoms with E-state index in [9.17, 15) is 4.79 Å². The van der Waals surface area contributed by atoms with Crippen molar-refractivity contribution in [1.29, 1.82) is 0 Å². The number of pyridine rings is 2. The highest BCUT2D eigenvalue weighted by Crippen LogP contribution is 2.30. The Kier molecular flexibility index (Phi) is 7.64. The molecule has 4 aromatic rings. The lowest BCUT2D eigenvalue weighted by atomic mass is 10.1. The molecule has 9 nitrogen and oxygen atoms in total. The van der Waals surface area contributed by atoms with Gasteiger partial charge < -0.3 is 24.3 Å². The van der Waals surface area contributed by atoms with Gasteiger partial charge in [0.25, 0.3) is 5.56 Å². The van der Waals surface area contributed by atoms with E-state index in [1.165, 1.54) is 0 Å². The van der Waals surface area contributed by atoms with E-state index in [0.29, 0.717) is 31.3 Å². The number of nitrogens with zero attached hydrogens (tertiary/aromatic N) is 3. The van der Waals surface area contributed by atoms with Gasteiger partial charge >= 0.3 is 0 Å². The smallest absolute Gasteiger partial charge is 0.251 e. The first-order chi connectivity index (χ1) is 17.6. The van der Waals surface area contributed by atoms with Gasteiger partial charge in [0.15, 0.2) is 0 Å². The number of aromatic amines is 1. The number of anilines is 1. The van der Waals surface area contributed by atoms with E-state index in [-0.39, 0.29) is 24.9 Å². The number of benzene rings is 1. The van der Waals surface area contributed by atoms with Crippen molar-refractivity contribution in [2.24, 2.45) is 0 Å². The van der Waals surface area contributed by atoms with Crippen LogP contribution in [0.1, 0.15) is 5.56 Å². The molecule has 5 rings (SSSR count). The van der Waals surface area contributed by atoms with Gasteiger partial charge in [0, 0.05) is 54.1 Å². The monoisotopic (exact) mass is 509 g/mol. The van der Waals surface area contributed by atoms with Crippen molar-refractivity contribution in [3.8, 4) is 11.1 Å². The number of rotatable bonds is 9. The van der Waals surface area contributed by atoms with Crippen molar-refractivity contribution in [1.82, 2.24) is 20.0 Å². The standard InChI is InChI=1S/C26H28ClN5O4/c27-20-3-1-2-18(10-20)16-32-5-4-19(11-25(32)34)24-15-29-26-23(24)12-21(13-28-26)31-6-8-35-22(17-31)14-30-36-9-7-33/h1-5,10-13,15,22,30,33H,6-9,14,16-17H2,(H,28,29). The van der Waals surface area contributed by atoms with Gasteiger partial charge in [-0.15, -0.1) is 0 Å². The van der Waals surface area contributed by atoms with Crippen LogP contribution in [-0.4, -0.2) is 65.2 Å². The molecule has 4 heterocycles. The Balaban J connectivity index is 1.35. The summed E-state index contributed by atoms with van der Waals surface area (Å²) in [6.45, 7) is 3.20. The van der Waals surface area contributed by atoms with Crippen molar-refractivity contribution in [3.63, 3.8) is 0 Å². The summed E-state index contributed by atoms with van der Waals surface area (Å²) >= 11 is 6.09. The normalized spacial score (nSPS) is 16.1. The molecule has 1 fully saturated rings. The van der Waals surface area contributed by atoms with Crippen LogP contribution in [0.3, 0.4) is 0 Å². The number of morpholine rings is 1. The summed E-state index contributed by atoms with van der Waals surface area (Å²) in [7, 11) is 0. The molecule has 36 heavy (non-hydrogen) atoms. The van der Waals surface area contributed by atoms with Gasteiger partial charge in [-0.25, -0.2) is 4.98 Å². The first-order valence-corrected chi connectivity index (χ1v) is 12.2. The van der Waals surface area contributed by atoms with E-state index in [0.717, 1.165) is 40.0 Å². The number of fused-ring (bicyclic) bond motifs is 1. The minimum absolute atomic E-state index is 0.0352. The lowest BCUT2D eigenvalue weighted by Crippen LogP contribution is -2.46. The molecule has 0 aliphatic carbocycles. The molecule has 10 heteroatoms. The van der Waals surface area contributed by atoms with E-state index in [2.05, 4.69) is 26.4 Å². The zero-order valence-electron chi connectivity index (χ0n) is 19.7. The van der Waals surface area contributed by atoms with Gasteiger partial charge in [0.1, 0.15) is 5.65 Å². The number of ether oxygens (including phenoxy) is 1. The highest BCUT2D eigenvalue weighted by molar-refractivity contribution is 6.30. The Morgan fingerprint density at radius 3 is 3.03 bits per heavy atom. The number of nitrogens with one attached hydrogen (secondary N) is 2. The van der Waals surface area contributed by atoms with Crippen molar-refractivity contribution < 1.29 is 14.7 Å². The first kappa shape index (κ1) is 24.5. The Morgan fingerprint density at radius 1 is 1.28 bits per heavy atom. The maximum Gasteiger partial charge on any atom is 0.251 e. The predicted octanol–water partition coefficient (Wildman–Crippen LogP) is 2.81. The fraction of sp³-hybridized carbons (Fsp3) is 0.308. The third kappa shape index (κ3) is 5.61. The van der Waals surface area contributed by atoms with Crippen molar-refractivity contribution in [2.45, 2.75) is 12.6 Å². The van der Waals surface area contributed by atoms with Gasteiger partial charge in [-0.2, -0.15) is 5.48 Å². The van der Waals surface area contributed by atoms with Gasteiger partial charge in [-0.1, -0.05) is 23.7 Å². The number of aliphatic hydroxyl groups is 1. The van der Waals surface area contributed by atoms with E-state index < -0.39 is 0 Å². The lowest BCUT2D eigenvalue weighted by molar-refractivity contribution is -0.0272. The van der Waals surface area contributed by atoms with E-state index in [4.69, 9.17) is 26.3 Å². The molecular weight excluding hydrogens is 482 g/mol. The second-order valence-electron chi connectivity index (χ2n) is 8.66. The SMILES string of the molecule is O=c1cc(-c2c[nH]c3ncc(N4CCOC(CNOCCO)C4)cc23)ccn1Cc1cccc(Cl)c1. The van der Waals surface area contributed by atoms with Crippen LogP contribution in [0.4, 0.5) is 5.69 Å². The second-order valence-corrected chi connectivity index (χ2v) is 9.10.